The third-order valence-electron chi connectivity index (χ3n) is 3.32. The number of aliphatic hydroxyl groups excluding tert-OH is 1. The van der Waals surface area contributed by atoms with Crippen molar-refractivity contribution in [2.24, 2.45) is 5.92 Å². The summed E-state index contributed by atoms with van der Waals surface area (Å²) >= 11 is 0. The van der Waals surface area contributed by atoms with Gasteiger partial charge < -0.3 is 15.2 Å². The summed E-state index contributed by atoms with van der Waals surface area (Å²) in [6, 6.07) is 12.4. The average molecular weight is 259 g/mol. The molecule has 0 saturated heterocycles. The average Bonchev–Trinajstić information content (AvgIpc) is 2.47. The van der Waals surface area contributed by atoms with Crippen LogP contribution in [-0.2, 0) is 6.54 Å². The monoisotopic (exact) mass is 259 g/mol. The minimum absolute atomic E-state index is 0.208. The molecule has 0 aliphatic rings. The fraction of sp³-hybridized carbons (Fsp3) is 0.375. The number of hydrogen-bond donors (Lipinski definition) is 2. The molecule has 0 amide bonds. The Morgan fingerprint density at radius 1 is 1.21 bits per heavy atom. The van der Waals surface area contributed by atoms with Crippen LogP contribution in [0, 0.1) is 5.92 Å². The number of benzene rings is 2. The van der Waals surface area contributed by atoms with Gasteiger partial charge in [-0.25, -0.2) is 0 Å². The Labute approximate surface area is 114 Å². The van der Waals surface area contributed by atoms with E-state index >= 15 is 0 Å². The molecule has 2 aromatic rings. The highest BCUT2D eigenvalue weighted by molar-refractivity contribution is 5.87. The Morgan fingerprint density at radius 3 is 2.74 bits per heavy atom. The van der Waals surface area contributed by atoms with Crippen molar-refractivity contribution in [1.29, 1.82) is 0 Å². The number of rotatable bonds is 6. The van der Waals surface area contributed by atoms with Crippen LogP contribution in [0.3, 0.4) is 0 Å². The Morgan fingerprint density at radius 2 is 2.00 bits per heavy atom. The zero-order chi connectivity index (χ0) is 13.7. The lowest BCUT2D eigenvalue weighted by Crippen LogP contribution is -2.23. The molecule has 0 saturated carbocycles. The van der Waals surface area contributed by atoms with Gasteiger partial charge in [-0.15, -0.1) is 0 Å². The van der Waals surface area contributed by atoms with Gasteiger partial charge in [-0.3, -0.25) is 0 Å². The molecule has 2 aromatic carbocycles. The molecule has 102 valence electrons. The topological polar surface area (TPSA) is 41.5 Å². The molecule has 19 heavy (non-hydrogen) atoms. The number of nitrogens with one attached hydrogen (secondary N) is 1. The van der Waals surface area contributed by atoms with Gasteiger partial charge in [-0.1, -0.05) is 37.3 Å². The molecule has 2 rings (SSSR count). The Bertz CT molecular complexity index is 539. The minimum Gasteiger partial charge on any atom is -0.496 e. The molecule has 2 N–H and O–H groups in total. The van der Waals surface area contributed by atoms with E-state index in [-0.39, 0.29) is 12.5 Å². The van der Waals surface area contributed by atoms with E-state index in [1.807, 2.05) is 25.1 Å². The molecule has 0 bridgehead atoms. The quantitative estimate of drug-likeness (QED) is 0.837. The van der Waals surface area contributed by atoms with E-state index in [1.165, 1.54) is 16.3 Å². The molecular weight excluding hydrogens is 238 g/mol. The summed E-state index contributed by atoms with van der Waals surface area (Å²) < 4.78 is 5.45. The summed E-state index contributed by atoms with van der Waals surface area (Å²) in [6.45, 7) is 3.77. The molecule has 0 heterocycles. The van der Waals surface area contributed by atoms with Crippen LogP contribution >= 0.6 is 0 Å². The highest BCUT2D eigenvalue weighted by Crippen LogP contribution is 2.27. The van der Waals surface area contributed by atoms with Crippen molar-refractivity contribution in [2.45, 2.75) is 13.5 Å². The minimum atomic E-state index is 0.208. The third-order valence-corrected chi connectivity index (χ3v) is 3.32. The van der Waals surface area contributed by atoms with E-state index in [2.05, 4.69) is 23.5 Å². The summed E-state index contributed by atoms with van der Waals surface area (Å²) in [5.41, 5.74) is 1.17. The van der Waals surface area contributed by atoms with Crippen molar-refractivity contribution < 1.29 is 9.84 Å². The molecule has 0 spiro atoms. The third kappa shape index (κ3) is 3.25. The van der Waals surface area contributed by atoms with Crippen LogP contribution in [0.4, 0.5) is 0 Å². The van der Waals surface area contributed by atoms with Crippen molar-refractivity contribution in [3.8, 4) is 5.75 Å². The SMILES string of the molecule is COc1ccc2ccccc2c1CNCC(C)CO. The molecule has 1 unspecified atom stereocenters. The maximum atomic E-state index is 9.04. The van der Waals surface area contributed by atoms with Gasteiger partial charge in [0.1, 0.15) is 5.75 Å². The van der Waals surface area contributed by atoms with Gasteiger partial charge in [0, 0.05) is 25.3 Å². The number of ether oxygens (including phenoxy) is 1. The fourth-order valence-electron chi connectivity index (χ4n) is 2.20. The van der Waals surface area contributed by atoms with Crippen LogP contribution in [0.5, 0.6) is 5.75 Å². The second-order valence-electron chi connectivity index (χ2n) is 4.89. The molecule has 0 aliphatic heterocycles. The van der Waals surface area contributed by atoms with Gasteiger partial charge in [0.25, 0.3) is 0 Å². The Balaban J connectivity index is 2.23. The smallest absolute Gasteiger partial charge is 0.123 e. The van der Waals surface area contributed by atoms with Crippen LogP contribution in [0.15, 0.2) is 36.4 Å². The summed E-state index contributed by atoms with van der Waals surface area (Å²) in [5.74, 6) is 1.17. The molecule has 0 aliphatic carbocycles. The maximum Gasteiger partial charge on any atom is 0.123 e. The maximum absolute atomic E-state index is 9.04. The van der Waals surface area contributed by atoms with Crippen molar-refractivity contribution in [3.63, 3.8) is 0 Å². The first-order valence-electron chi connectivity index (χ1n) is 6.62. The van der Waals surface area contributed by atoms with Crippen molar-refractivity contribution in [2.75, 3.05) is 20.3 Å². The van der Waals surface area contributed by atoms with Gasteiger partial charge in [0.05, 0.1) is 7.11 Å². The predicted molar refractivity (Wildman–Crippen MR) is 78.5 cm³/mol. The van der Waals surface area contributed by atoms with E-state index in [0.29, 0.717) is 0 Å². The van der Waals surface area contributed by atoms with Crippen LogP contribution in [-0.4, -0.2) is 25.4 Å². The molecular formula is C16H21NO2. The molecule has 1 atom stereocenters. The summed E-state index contributed by atoms with van der Waals surface area (Å²) in [6.07, 6.45) is 0. The lowest BCUT2D eigenvalue weighted by atomic mass is 10.0. The molecule has 0 radical (unpaired) electrons. The predicted octanol–water partition coefficient (Wildman–Crippen LogP) is 2.57. The lowest BCUT2D eigenvalue weighted by molar-refractivity contribution is 0.233. The Hall–Kier alpha value is -1.58. The van der Waals surface area contributed by atoms with Gasteiger partial charge >= 0.3 is 0 Å². The first-order valence-corrected chi connectivity index (χ1v) is 6.62. The van der Waals surface area contributed by atoms with Crippen molar-refractivity contribution in [3.05, 3.63) is 42.0 Å². The van der Waals surface area contributed by atoms with E-state index in [0.717, 1.165) is 18.8 Å². The van der Waals surface area contributed by atoms with E-state index in [4.69, 9.17) is 9.84 Å². The Kier molecular flexibility index (Phi) is 4.77. The van der Waals surface area contributed by atoms with Crippen LogP contribution in [0.2, 0.25) is 0 Å². The second-order valence-corrected chi connectivity index (χ2v) is 4.89. The fourth-order valence-corrected chi connectivity index (χ4v) is 2.20. The zero-order valence-corrected chi connectivity index (χ0v) is 11.5. The standard InChI is InChI=1S/C16H21NO2/c1-12(11-18)9-17-10-15-14-6-4-3-5-13(14)7-8-16(15)19-2/h3-8,12,17-18H,9-11H2,1-2H3. The van der Waals surface area contributed by atoms with Crippen molar-refractivity contribution >= 4 is 10.8 Å². The largest absolute Gasteiger partial charge is 0.496 e. The number of hydrogen-bond acceptors (Lipinski definition) is 3. The van der Waals surface area contributed by atoms with E-state index < -0.39 is 0 Å². The van der Waals surface area contributed by atoms with Crippen LogP contribution in [0.1, 0.15) is 12.5 Å². The normalized spacial score (nSPS) is 12.6. The lowest BCUT2D eigenvalue weighted by Gasteiger charge is -2.14. The zero-order valence-electron chi connectivity index (χ0n) is 11.5. The van der Waals surface area contributed by atoms with Crippen molar-refractivity contribution in [1.82, 2.24) is 5.32 Å². The highest BCUT2D eigenvalue weighted by Gasteiger charge is 2.08. The molecule has 0 fully saturated rings. The molecule has 3 heteroatoms. The molecule has 3 nitrogen and oxygen atoms in total. The molecule has 0 aromatic heterocycles. The number of fused-ring (bicyclic) bond motifs is 1. The summed E-state index contributed by atoms with van der Waals surface area (Å²) in [5, 5.41) is 14.9. The van der Waals surface area contributed by atoms with Gasteiger partial charge in [0.2, 0.25) is 0 Å². The van der Waals surface area contributed by atoms with E-state index in [9.17, 15) is 0 Å². The van der Waals surface area contributed by atoms with Crippen LogP contribution < -0.4 is 10.1 Å². The first kappa shape index (κ1) is 13.8. The number of aliphatic hydroxyl groups is 1. The van der Waals surface area contributed by atoms with E-state index in [1.54, 1.807) is 7.11 Å². The van der Waals surface area contributed by atoms with Gasteiger partial charge in [0.15, 0.2) is 0 Å². The van der Waals surface area contributed by atoms with Gasteiger partial charge in [-0.05, 0) is 22.8 Å². The highest BCUT2D eigenvalue weighted by atomic mass is 16.5. The summed E-state index contributed by atoms with van der Waals surface area (Å²) in [4.78, 5) is 0. The number of methoxy groups -OCH3 is 1. The van der Waals surface area contributed by atoms with Gasteiger partial charge in [-0.2, -0.15) is 0 Å². The van der Waals surface area contributed by atoms with Crippen LogP contribution in [0.25, 0.3) is 10.8 Å². The first-order chi connectivity index (χ1) is 9.26. The second kappa shape index (κ2) is 6.55. The summed E-state index contributed by atoms with van der Waals surface area (Å²) in [7, 11) is 1.70.